The highest BCUT2D eigenvalue weighted by Gasteiger charge is 2.33. The summed E-state index contributed by atoms with van der Waals surface area (Å²) in [6, 6.07) is 0. The van der Waals surface area contributed by atoms with Crippen LogP contribution in [0.25, 0.3) is 4.96 Å². The lowest BCUT2D eigenvalue weighted by Gasteiger charge is -2.23. The minimum atomic E-state index is -0.887. The zero-order valence-electron chi connectivity index (χ0n) is 11.2. The van der Waals surface area contributed by atoms with E-state index in [1.54, 1.807) is 10.6 Å². The number of hydrogen-bond donors (Lipinski definition) is 1. The molecule has 0 aliphatic heterocycles. The predicted molar refractivity (Wildman–Crippen MR) is 77.7 cm³/mol. The van der Waals surface area contributed by atoms with Crippen molar-refractivity contribution in [3.63, 3.8) is 0 Å². The number of nitrogens with zero attached hydrogens (tertiary/aromatic N) is 3. The van der Waals surface area contributed by atoms with Crippen molar-refractivity contribution in [2.45, 2.75) is 25.7 Å². The first-order valence-electron chi connectivity index (χ1n) is 7.16. The molecule has 0 bridgehead atoms. The van der Waals surface area contributed by atoms with Gasteiger partial charge in [0.05, 0.1) is 0 Å². The second-order valence-electron chi connectivity index (χ2n) is 5.94. The number of carboxylic acid groups (broad SMARTS) is 1. The Labute approximate surface area is 120 Å². The molecule has 2 aromatic rings. The van der Waals surface area contributed by atoms with Gasteiger partial charge in [-0.2, -0.15) is 0 Å². The fourth-order valence-electron chi connectivity index (χ4n) is 2.67. The predicted octanol–water partition coefficient (Wildman–Crippen LogP) is 2.72. The minimum Gasteiger partial charge on any atom is -0.476 e. The molecule has 1 N–H and O–H groups in total. The maximum atomic E-state index is 11.6. The van der Waals surface area contributed by atoms with E-state index in [0.717, 1.165) is 29.9 Å². The smallest absolute Gasteiger partial charge is 0.356 e. The molecule has 0 atom stereocenters. The first-order valence-corrected chi connectivity index (χ1v) is 8.04. The Morgan fingerprint density at radius 2 is 2.00 bits per heavy atom. The van der Waals surface area contributed by atoms with Crippen LogP contribution in [0.1, 0.15) is 36.2 Å². The summed E-state index contributed by atoms with van der Waals surface area (Å²) in [5.74, 6) is 1.25. The molecule has 0 saturated heterocycles. The van der Waals surface area contributed by atoms with Gasteiger partial charge in [0.25, 0.3) is 0 Å². The quantitative estimate of drug-likeness (QED) is 0.889. The molecule has 4 rings (SSSR count). The summed E-state index contributed by atoms with van der Waals surface area (Å²) in [7, 11) is 0. The van der Waals surface area contributed by atoms with Gasteiger partial charge in [0.1, 0.15) is 0 Å². The molecule has 0 radical (unpaired) electrons. The second-order valence-corrected chi connectivity index (χ2v) is 6.81. The van der Waals surface area contributed by atoms with Crippen LogP contribution in [-0.2, 0) is 0 Å². The van der Waals surface area contributed by atoms with Gasteiger partial charge in [-0.3, -0.25) is 4.40 Å². The normalized spacial score (nSPS) is 18.6. The number of hydrogen-bond acceptors (Lipinski definition) is 4. The van der Waals surface area contributed by atoms with Crippen LogP contribution in [0, 0.1) is 11.8 Å². The Hall–Kier alpha value is -1.56. The zero-order chi connectivity index (χ0) is 13.7. The number of aromatic nitrogens is 2. The van der Waals surface area contributed by atoms with E-state index < -0.39 is 5.97 Å². The van der Waals surface area contributed by atoms with Gasteiger partial charge in [0.2, 0.25) is 0 Å². The Bertz CT molecular complexity index is 640. The standard InChI is InChI=1S/C14H17N3O2S/c18-13(19)11-12(15-14-17(11)5-6-20-14)16(7-9-1-2-9)8-10-3-4-10/h5-6,9-10H,1-4,7-8H2,(H,18,19). The number of anilines is 1. The minimum absolute atomic E-state index is 0.322. The van der Waals surface area contributed by atoms with E-state index in [1.807, 2.05) is 5.38 Å². The molecule has 0 spiro atoms. The van der Waals surface area contributed by atoms with Gasteiger partial charge in [-0.15, -0.1) is 11.3 Å². The van der Waals surface area contributed by atoms with Crippen LogP contribution in [-0.4, -0.2) is 33.6 Å². The van der Waals surface area contributed by atoms with Crippen molar-refractivity contribution in [2.75, 3.05) is 18.0 Å². The van der Waals surface area contributed by atoms with E-state index >= 15 is 0 Å². The maximum absolute atomic E-state index is 11.6. The van der Waals surface area contributed by atoms with Gasteiger partial charge in [-0.05, 0) is 37.5 Å². The maximum Gasteiger partial charge on any atom is 0.356 e. The van der Waals surface area contributed by atoms with E-state index in [-0.39, 0.29) is 0 Å². The van der Waals surface area contributed by atoms with E-state index in [2.05, 4.69) is 9.88 Å². The van der Waals surface area contributed by atoms with Crippen molar-refractivity contribution in [2.24, 2.45) is 11.8 Å². The molecule has 0 aromatic carbocycles. The molecule has 2 aliphatic rings. The Balaban J connectivity index is 1.73. The van der Waals surface area contributed by atoms with E-state index in [4.69, 9.17) is 0 Å². The molecule has 6 heteroatoms. The van der Waals surface area contributed by atoms with Crippen LogP contribution < -0.4 is 4.90 Å². The van der Waals surface area contributed by atoms with E-state index in [1.165, 1.54) is 37.0 Å². The lowest BCUT2D eigenvalue weighted by Crippen LogP contribution is -2.30. The van der Waals surface area contributed by atoms with Crippen molar-refractivity contribution < 1.29 is 9.90 Å². The van der Waals surface area contributed by atoms with Gasteiger partial charge in [-0.25, -0.2) is 9.78 Å². The summed E-state index contributed by atoms with van der Waals surface area (Å²) in [4.78, 5) is 19.2. The number of carboxylic acids is 1. The number of imidazole rings is 1. The fraction of sp³-hybridized carbons (Fsp3) is 0.571. The second kappa shape index (κ2) is 4.48. The summed E-state index contributed by atoms with van der Waals surface area (Å²) < 4.78 is 1.70. The van der Waals surface area contributed by atoms with Crippen LogP contribution in [0.2, 0.25) is 0 Å². The molecule has 20 heavy (non-hydrogen) atoms. The van der Waals surface area contributed by atoms with Gasteiger partial charge < -0.3 is 10.0 Å². The molecule has 106 valence electrons. The number of carbonyl (C=O) groups is 1. The van der Waals surface area contributed by atoms with Gasteiger partial charge in [0, 0.05) is 24.7 Å². The molecular weight excluding hydrogens is 274 g/mol. The van der Waals surface area contributed by atoms with Crippen LogP contribution in [0.4, 0.5) is 5.82 Å². The Morgan fingerprint density at radius 3 is 2.55 bits per heavy atom. The lowest BCUT2D eigenvalue weighted by atomic mass is 10.3. The molecule has 2 aromatic heterocycles. The number of thiazole rings is 1. The number of aromatic carboxylic acids is 1. The lowest BCUT2D eigenvalue weighted by molar-refractivity contribution is 0.0690. The molecule has 5 nitrogen and oxygen atoms in total. The molecule has 0 unspecified atom stereocenters. The summed E-state index contributed by atoms with van der Waals surface area (Å²) in [6.07, 6.45) is 6.88. The average molecular weight is 291 g/mol. The Kier molecular flexibility index (Phi) is 2.73. The third-order valence-electron chi connectivity index (χ3n) is 4.10. The molecule has 2 heterocycles. The largest absolute Gasteiger partial charge is 0.476 e. The highest BCUT2D eigenvalue weighted by molar-refractivity contribution is 7.15. The first-order chi connectivity index (χ1) is 9.72. The highest BCUT2D eigenvalue weighted by Crippen LogP contribution is 2.37. The number of fused-ring (bicyclic) bond motifs is 1. The number of rotatable bonds is 6. The summed E-state index contributed by atoms with van der Waals surface area (Å²) in [6.45, 7) is 1.92. The van der Waals surface area contributed by atoms with Gasteiger partial charge in [0.15, 0.2) is 16.5 Å². The summed E-state index contributed by atoms with van der Waals surface area (Å²) in [5.41, 5.74) is 0.322. The van der Waals surface area contributed by atoms with Crippen molar-refractivity contribution in [3.05, 3.63) is 17.3 Å². The monoisotopic (exact) mass is 291 g/mol. The van der Waals surface area contributed by atoms with Crippen LogP contribution in [0.15, 0.2) is 11.6 Å². The molecule has 2 aliphatic carbocycles. The average Bonchev–Trinajstić information content (AvgIpc) is 3.29. The topological polar surface area (TPSA) is 57.8 Å². The van der Waals surface area contributed by atoms with Crippen molar-refractivity contribution >= 4 is 28.1 Å². The Morgan fingerprint density at radius 1 is 1.35 bits per heavy atom. The molecule has 0 amide bonds. The van der Waals surface area contributed by atoms with E-state index in [0.29, 0.717) is 11.5 Å². The van der Waals surface area contributed by atoms with E-state index in [9.17, 15) is 9.90 Å². The highest BCUT2D eigenvalue weighted by atomic mass is 32.1. The van der Waals surface area contributed by atoms with Gasteiger partial charge in [-0.1, -0.05) is 0 Å². The molecular formula is C14H17N3O2S. The first kappa shape index (κ1) is 12.2. The van der Waals surface area contributed by atoms with Crippen molar-refractivity contribution in [1.29, 1.82) is 0 Å². The SMILES string of the molecule is O=C(O)c1c(N(CC2CC2)CC2CC2)nc2sccn12. The third kappa shape index (κ3) is 2.18. The van der Waals surface area contributed by atoms with Crippen LogP contribution >= 0.6 is 11.3 Å². The molecule has 2 saturated carbocycles. The fourth-order valence-corrected chi connectivity index (χ4v) is 3.37. The van der Waals surface area contributed by atoms with Crippen LogP contribution in [0.5, 0.6) is 0 Å². The van der Waals surface area contributed by atoms with Gasteiger partial charge >= 0.3 is 5.97 Å². The summed E-state index contributed by atoms with van der Waals surface area (Å²) >= 11 is 1.49. The van der Waals surface area contributed by atoms with Crippen molar-refractivity contribution in [3.8, 4) is 0 Å². The third-order valence-corrected chi connectivity index (χ3v) is 4.85. The summed E-state index contributed by atoms with van der Waals surface area (Å²) in [5, 5.41) is 11.4. The van der Waals surface area contributed by atoms with Crippen LogP contribution in [0.3, 0.4) is 0 Å². The molecule has 2 fully saturated rings. The van der Waals surface area contributed by atoms with Crippen molar-refractivity contribution in [1.82, 2.24) is 9.38 Å². The zero-order valence-corrected chi connectivity index (χ0v) is 12.0.